The smallest absolute Gasteiger partial charge is 0.374 e. The van der Waals surface area contributed by atoms with Gasteiger partial charge in [-0.15, -0.1) is 0 Å². The number of ether oxygens (including phenoxy) is 1. The minimum atomic E-state index is -4.02. The van der Waals surface area contributed by atoms with Gasteiger partial charge in [-0.2, -0.15) is 13.0 Å². The van der Waals surface area contributed by atoms with Gasteiger partial charge in [0.2, 0.25) is 11.5 Å². The maximum absolute atomic E-state index is 11.2. The molecule has 87 heavy (non-hydrogen) atoms. The number of allylic oxidation sites excluding steroid dienone is 4. The molecule has 0 saturated heterocycles. The minimum Gasteiger partial charge on any atom is -0.481 e. The zero-order chi connectivity index (χ0) is 62.0. The third-order valence-corrected chi connectivity index (χ3v) is 17.0. The lowest BCUT2D eigenvalue weighted by molar-refractivity contribution is -0.674. The number of aromatic nitrogens is 3. The van der Waals surface area contributed by atoms with Gasteiger partial charge in [0.1, 0.15) is 12.4 Å². The predicted molar refractivity (Wildman–Crippen MR) is 352 cm³/mol. The summed E-state index contributed by atoms with van der Waals surface area (Å²) in [6.45, 7) is 16.2. The van der Waals surface area contributed by atoms with Gasteiger partial charge in [0.25, 0.3) is 21.5 Å². The molecule has 2 aliphatic heterocycles. The number of anilines is 3. The molecule has 2 aromatic heterocycles. The van der Waals surface area contributed by atoms with E-state index in [-0.39, 0.29) is 25.2 Å². The molecule has 3 N–H and O–H groups in total. The molecule has 0 bridgehead atoms. The Balaban J connectivity index is 0.000000211. The lowest BCUT2D eigenvalue weighted by Crippen LogP contribution is -2.37. The van der Waals surface area contributed by atoms with Crippen LogP contribution in [0.2, 0.25) is 25.1 Å². The Bertz CT molecular complexity index is 4050. The third-order valence-electron chi connectivity index (χ3n) is 14.5. The number of carbonyl (C=O) groups is 2. The van der Waals surface area contributed by atoms with Crippen molar-refractivity contribution < 1.29 is 51.1 Å². The quantitative estimate of drug-likeness (QED) is 0.0517. The van der Waals surface area contributed by atoms with Crippen molar-refractivity contribution in [3.8, 4) is 16.9 Å². The minimum absolute atomic E-state index is 0. The standard InChI is InChI=1S/C29H30Cl4N4O4.C29H28ClN2O2.C7H8O3S.CH4/c1-3-34-22-14-18(30)20(32)16-24(22)36(12-6-10-28(38)39)26(34)8-5-9-27-35(4-2)23-15-19(31)21(33)17-25(23)37(27)13-7-11-29(40)41;1-4-20(17-29-32(6-3)25-19-23(30)13-15-27(25)34-29)16-28-31(5-2)24-18-22(12-14-26(24)33-28)21-10-8-7-9-11-21;1-6-2-4-7(5-3-6)11(8,9)10;/h5,8-9,14-17H,3-4,6-7,10-13H2,1-2H3,(H-,38,39,40,41);7-19H,4-6H2,1-3H3;2-5H,1H3,(H,8,9,10);1H4/q;+1;;/p+1. The first-order valence-electron chi connectivity index (χ1n) is 28.2. The topological polar surface area (TPSA) is 174 Å². The van der Waals surface area contributed by atoms with Crippen LogP contribution in [0.3, 0.4) is 0 Å². The summed E-state index contributed by atoms with van der Waals surface area (Å²) in [6.07, 6.45) is 11.9. The number of fused-ring (bicyclic) bond motifs is 4. The van der Waals surface area contributed by atoms with E-state index in [1.54, 1.807) is 12.1 Å². The van der Waals surface area contributed by atoms with Gasteiger partial charge in [0, 0.05) is 67.8 Å². The van der Waals surface area contributed by atoms with E-state index in [4.69, 9.17) is 71.7 Å². The molecular formula is C66H71Cl5N6O9S+2. The summed E-state index contributed by atoms with van der Waals surface area (Å²) in [4.78, 5) is 28.7. The van der Waals surface area contributed by atoms with Gasteiger partial charge in [0.05, 0.1) is 61.2 Å². The number of aliphatic carboxylic acids is 2. The Hall–Kier alpha value is -7.28. The Labute approximate surface area is 533 Å². The second kappa shape index (κ2) is 30.1. The maximum Gasteiger partial charge on any atom is 0.374 e. The Morgan fingerprint density at radius 3 is 1.93 bits per heavy atom. The second-order valence-corrected chi connectivity index (χ2v) is 23.6. The Morgan fingerprint density at radius 2 is 1.31 bits per heavy atom. The summed E-state index contributed by atoms with van der Waals surface area (Å²) in [6, 6.07) is 35.8. The van der Waals surface area contributed by atoms with E-state index in [1.807, 2.05) is 87.5 Å². The lowest BCUT2D eigenvalue weighted by Gasteiger charge is -2.24. The van der Waals surface area contributed by atoms with Crippen LogP contribution >= 0.6 is 58.0 Å². The van der Waals surface area contributed by atoms with Crippen molar-refractivity contribution in [2.45, 2.75) is 106 Å². The number of carboxylic acids is 2. The van der Waals surface area contributed by atoms with Gasteiger partial charge in [-0.25, -0.2) is 9.13 Å². The number of imidazole rings is 1. The van der Waals surface area contributed by atoms with Gasteiger partial charge in [-0.3, -0.25) is 14.1 Å². The number of hydrogen-bond donors (Lipinski definition) is 3. The molecule has 10 rings (SSSR count). The van der Waals surface area contributed by atoms with E-state index in [1.165, 1.54) is 23.3 Å². The van der Waals surface area contributed by atoms with Crippen molar-refractivity contribution >= 4 is 131 Å². The first kappa shape index (κ1) is 67.2. The number of nitrogens with zero attached hydrogens (tertiary/aromatic N) is 6. The van der Waals surface area contributed by atoms with Crippen LogP contribution in [0.15, 0.2) is 160 Å². The van der Waals surface area contributed by atoms with E-state index >= 15 is 0 Å². The molecule has 0 atom stereocenters. The normalized spacial score (nSPS) is 13.8. The molecule has 4 heterocycles. The maximum atomic E-state index is 11.2. The fourth-order valence-electron chi connectivity index (χ4n) is 10.3. The van der Waals surface area contributed by atoms with Gasteiger partial charge in [-0.1, -0.05) is 133 Å². The van der Waals surface area contributed by atoms with E-state index in [0.717, 1.165) is 99.0 Å². The molecule has 15 nitrogen and oxygen atoms in total. The average molecular weight is 1300 g/mol. The first-order chi connectivity index (χ1) is 41.2. The van der Waals surface area contributed by atoms with Crippen molar-refractivity contribution in [3.05, 3.63) is 193 Å². The van der Waals surface area contributed by atoms with Gasteiger partial charge < -0.3 is 34.1 Å². The highest BCUT2D eigenvalue weighted by atomic mass is 35.5. The van der Waals surface area contributed by atoms with Crippen LogP contribution in [0.1, 0.15) is 91.4 Å². The Kier molecular flexibility index (Phi) is 23.2. The molecule has 8 aromatic rings. The zero-order valence-electron chi connectivity index (χ0n) is 48.4. The molecule has 0 unspecified atom stereocenters. The van der Waals surface area contributed by atoms with Crippen molar-refractivity contribution in [2.75, 3.05) is 34.3 Å². The molecule has 458 valence electrons. The Morgan fingerprint density at radius 1 is 0.667 bits per heavy atom. The highest BCUT2D eigenvalue weighted by molar-refractivity contribution is 7.85. The van der Waals surface area contributed by atoms with Gasteiger partial charge in [0.15, 0.2) is 16.8 Å². The molecule has 0 radical (unpaired) electrons. The fraction of sp³-hybridized carbons (Fsp3) is 0.273. The van der Waals surface area contributed by atoms with Crippen LogP contribution in [-0.2, 0) is 39.3 Å². The number of oxazole rings is 1. The number of hydrogen-bond acceptors (Lipinski definition) is 9. The van der Waals surface area contributed by atoms with Crippen LogP contribution in [0, 0.1) is 6.92 Å². The number of aryl methyl sites for hydroxylation is 4. The largest absolute Gasteiger partial charge is 0.481 e. The summed E-state index contributed by atoms with van der Waals surface area (Å²) in [7, 11) is -4.02. The number of carboxylic acid groups (broad SMARTS) is 2. The van der Waals surface area contributed by atoms with Crippen LogP contribution in [-0.4, -0.2) is 59.3 Å². The molecule has 2 aliphatic rings. The predicted octanol–water partition coefficient (Wildman–Crippen LogP) is 17.0. The van der Waals surface area contributed by atoms with Crippen LogP contribution in [0.4, 0.5) is 17.1 Å². The molecule has 0 fully saturated rings. The highest BCUT2D eigenvalue weighted by Gasteiger charge is 2.32. The highest BCUT2D eigenvalue weighted by Crippen LogP contribution is 2.46. The van der Waals surface area contributed by atoms with Crippen molar-refractivity contribution in [2.24, 2.45) is 0 Å². The summed E-state index contributed by atoms with van der Waals surface area (Å²) in [5, 5.41) is 20.9. The van der Waals surface area contributed by atoms with E-state index < -0.39 is 22.1 Å². The molecule has 6 aromatic carbocycles. The molecule has 0 spiro atoms. The SMILES string of the molecule is C.CCC(=Cc1oc2ccc(-c3ccccc3)cc2[n+]1CC)C=C1Oc2ccc(Cl)cc2N1CC.CCN1C(=CC=Cc2n(CC)c3cc(Cl)c(Cl)cc3[n+]2CCCC(=O)O)N(CCCC(=O)O)c2cc(Cl)c(Cl)cc21.Cc1ccc(S(=O)(=O)O)cc1. The lowest BCUT2D eigenvalue weighted by atomic mass is 10.1. The molecular weight excluding hydrogens is 1230 g/mol. The van der Waals surface area contributed by atoms with Crippen LogP contribution in [0.25, 0.3) is 45.4 Å². The first-order valence-corrected chi connectivity index (χ1v) is 31.5. The summed E-state index contributed by atoms with van der Waals surface area (Å²) in [5.41, 5.74) is 10.9. The number of benzene rings is 6. The second-order valence-electron chi connectivity index (χ2n) is 20.1. The molecule has 0 amide bonds. The van der Waals surface area contributed by atoms with Gasteiger partial charge >= 0.3 is 17.8 Å². The third kappa shape index (κ3) is 15.9. The molecule has 21 heteroatoms. The fourth-order valence-corrected chi connectivity index (χ4v) is 11.6. The van der Waals surface area contributed by atoms with Crippen molar-refractivity contribution in [1.29, 1.82) is 0 Å². The summed E-state index contributed by atoms with van der Waals surface area (Å²) in [5.74, 6) is 2.49. The van der Waals surface area contributed by atoms with E-state index in [9.17, 15) is 28.2 Å². The van der Waals surface area contributed by atoms with E-state index in [2.05, 4.69) is 104 Å². The summed E-state index contributed by atoms with van der Waals surface area (Å²) < 4.78 is 48.4. The zero-order valence-corrected chi connectivity index (χ0v) is 53.0. The number of rotatable bonds is 19. The average Bonchev–Trinajstić information content (AvgIpc) is 1.95. The van der Waals surface area contributed by atoms with Gasteiger partial charge in [-0.05, 0) is 125 Å². The molecule has 0 saturated carbocycles. The molecule has 0 aliphatic carbocycles. The van der Waals surface area contributed by atoms with Crippen LogP contribution < -0.4 is 28.6 Å². The van der Waals surface area contributed by atoms with Crippen LogP contribution in [0.5, 0.6) is 5.75 Å². The van der Waals surface area contributed by atoms with Crippen molar-refractivity contribution in [3.63, 3.8) is 0 Å². The van der Waals surface area contributed by atoms with E-state index in [0.29, 0.717) is 64.1 Å². The monoisotopic (exact) mass is 1300 g/mol. The summed E-state index contributed by atoms with van der Waals surface area (Å²) >= 11 is 31.7. The number of halogens is 5. The van der Waals surface area contributed by atoms with Crippen molar-refractivity contribution in [1.82, 2.24) is 4.57 Å².